The van der Waals surface area contributed by atoms with Crippen LogP contribution in [-0.2, 0) is 0 Å². The van der Waals surface area contributed by atoms with Crippen molar-refractivity contribution >= 4 is 29.3 Å². The Kier molecular flexibility index (Phi) is 5.32. The van der Waals surface area contributed by atoms with Crippen molar-refractivity contribution in [3.05, 3.63) is 77.5 Å². The van der Waals surface area contributed by atoms with Crippen LogP contribution in [0.25, 0.3) is 0 Å². The van der Waals surface area contributed by atoms with Crippen LogP contribution >= 0.6 is 11.8 Å². The van der Waals surface area contributed by atoms with Crippen molar-refractivity contribution in [3.63, 3.8) is 0 Å². The number of carbonyl (C=O) groups excluding carboxylic acids is 2. The molecule has 1 atom stereocenters. The summed E-state index contributed by atoms with van der Waals surface area (Å²) in [5, 5.41) is 2.98. The molecule has 1 N–H and O–H groups in total. The Morgan fingerprint density at radius 2 is 1.87 bits per heavy atom. The van der Waals surface area contributed by atoms with Crippen molar-refractivity contribution in [2.24, 2.45) is 5.92 Å². The molecule has 0 bridgehead atoms. The van der Waals surface area contributed by atoms with Gasteiger partial charge >= 0.3 is 0 Å². The summed E-state index contributed by atoms with van der Waals surface area (Å²) in [7, 11) is 0. The molecule has 1 fully saturated rings. The Hall–Kier alpha value is -2.99. The average molecular weight is 432 g/mol. The SMILES string of the molecule is CC1C=CC(N2CCN(C(=O)c3ccc4c(c3)NC(=O)c3ccccc3S4)CC2)=CC1. The van der Waals surface area contributed by atoms with Crippen molar-refractivity contribution < 1.29 is 9.59 Å². The van der Waals surface area contributed by atoms with Gasteiger partial charge in [-0.05, 0) is 48.7 Å². The lowest BCUT2D eigenvalue weighted by Crippen LogP contribution is -2.48. The van der Waals surface area contributed by atoms with Crippen LogP contribution in [0.2, 0.25) is 0 Å². The third-order valence-corrected chi connectivity index (χ3v) is 7.20. The number of amides is 2. The van der Waals surface area contributed by atoms with Gasteiger partial charge in [-0.2, -0.15) is 0 Å². The van der Waals surface area contributed by atoms with Crippen LogP contribution in [0.1, 0.15) is 34.1 Å². The summed E-state index contributed by atoms with van der Waals surface area (Å²) < 4.78 is 0. The third kappa shape index (κ3) is 4.00. The molecule has 31 heavy (non-hydrogen) atoms. The number of rotatable bonds is 2. The molecular formula is C25H25N3O2S. The summed E-state index contributed by atoms with van der Waals surface area (Å²) in [6.07, 6.45) is 7.84. The lowest BCUT2D eigenvalue weighted by atomic mass is 10.0. The van der Waals surface area contributed by atoms with E-state index in [1.807, 2.05) is 47.4 Å². The summed E-state index contributed by atoms with van der Waals surface area (Å²) in [5.74, 6) is 0.486. The highest BCUT2D eigenvalue weighted by Gasteiger charge is 2.25. The van der Waals surface area contributed by atoms with Crippen molar-refractivity contribution in [3.8, 4) is 0 Å². The van der Waals surface area contributed by atoms with Gasteiger partial charge in [-0.1, -0.05) is 43.0 Å². The van der Waals surface area contributed by atoms with Crippen LogP contribution in [0.4, 0.5) is 5.69 Å². The van der Waals surface area contributed by atoms with E-state index in [1.54, 1.807) is 11.8 Å². The van der Waals surface area contributed by atoms with E-state index in [1.165, 1.54) is 5.70 Å². The normalized spacial score (nSPS) is 20.4. The van der Waals surface area contributed by atoms with Gasteiger partial charge in [0.05, 0.1) is 11.3 Å². The molecule has 0 saturated carbocycles. The number of carbonyl (C=O) groups is 2. The number of hydrogen-bond acceptors (Lipinski definition) is 4. The molecule has 0 spiro atoms. The topological polar surface area (TPSA) is 52.6 Å². The van der Waals surface area contributed by atoms with Crippen LogP contribution in [0.3, 0.4) is 0 Å². The van der Waals surface area contributed by atoms with Crippen molar-refractivity contribution in [1.82, 2.24) is 9.80 Å². The van der Waals surface area contributed by atoms with Gasteiger partial charge in [0.15, 0.2) is 0 Å². The summed E-state index contributed by atoms with van der Waals surface area (Å²) in [6.45, 7) is 5.29. The Morgan fingerprint density at radius 1 is 1.06 bits per heavy atom. The van der Waals surface area contributed by atoms with Crippen molar-refractivity contribution in [2.75, 3.05) is 31.5 Å². The number of fused-ring (bicyclic) bond motifs is 2. The zero-order valence-corrected chi connectivity index (χ0v) is 18.3. The van der Waals surface area contributed by atoms with Gasteiger partial charge in [-0.3, -0.25) is 9.59 Å². The Balaban J connectivity index is 1.29. The van der Waals surface area contributed by atoms with E-state index in [-0.39, 0.29) is 11.8 Å². The summed E-state index contributed by atoms with van der Waals surface area (Å²) in [5.41, 5.74) is 3.25. The predicted octanol–water partition coefficient (Wildman–Crippen LogP) is 4.64. The van der Waals surface area contributed by atoms with Crippen LogP contribution in [0.15, 0.2) is 76.2 Å². The van der Waals surface area contributed by atoms with Gasteiger partial charge in [-0.25, -0.2) is 0 Å². The van der Waals surface area contributed by atoms with Gasteiger partial charge in [-0.15, -0.1) is 0 Å². The first-order chi connectivity index (χ1) is 15.1. The molecule has 158 valence electrons. The minimum atomic E-state index is -0.136. The van der Waals surface area contributed by atoms with Crippen LogP contribution in [0, 0.1) is 5.92 Å². The molecule has 2 amide bonds. The smallest absolute Gasteiger partial charge is 0.256 e. The van der Waals surface area contributed by atoms with E-state index in [2.05, 4.69) is 35.4 Å². The molecule has 0 radical (unpaired) electrons. The molecule has 5 nitrogen and oxygen atoms in total. The third-order valence-electron chi connectivity index (χ3n) is 6.05. The molecular weight excluding hydrogens is 406 g/mol. The maximum Gasteiger partial charge on any atom is 0.256 e. The number of nitrogens with zero attached hydrogens (tertiary/aromatic N) is 2. The number of hydrogen-bond donors (Lipinski definition) is 1. The van der Waals surface area contributed by atoms with E-state index in [9.17, 15) is 9.59 Å². The monoisotopic (exact) mass is 431 g/mol. The molecule has 1 saturated heterocycles. The number of allylic oxidation sites excluding steroid dienone is 3. The first-order valence-electron chi connectivity index (χ1n) is 10.7. The molecule has 6 heteroatoms. The fourth-order valence-electron chi connectivity index (χ4n) is 4.20. The first kappa shape index (κ1) is 19.9. The van der Waals surface area contributed by atoms with E-state index >= 15 is 0 Å². The molecule has 3 aliphatic rings. The second-order valence-corrected chi connectivity index (χ2v) is 9.33. The lowest BCUT2D eigenvalue weighted by molar-refractivity contribution is 0.0672. The summed E-state index contributed by atoms with van der Waals surface area (Å²) >= 11 is 1.55. The first-order valence-corrected chi connectivity index (χ1v) is 11.5. The van der Waals surface area contributed by atoms with Crippen molar-refractivity contribution in [1.29, 1.82) is 0 Å². The number of piperazine rings is 1. The zero-order chi connectivity index (χ0) is 21.4. The van der Waals surface area contributed by atoms with Gasteiger partial charge in [0.25, 0.3) is 11.8 Å². The Morgan fingerprint density at radius 3 is 2.65 bits per heavy atom. The van der Waals surface area contributed by atoms with Crippen LogP contribution in [-0.4, -0.2) is 47.8 Å². The minimum Gasteiger partial charge on any atom is -0.368 e. The minimum absolute atomic E-state index is 0.0187. The van der Waals surface area contributed by atoms with E-state index < -0.39 is 0 Å². The highest BCUT2D eigenvalue weighted by atomic mass is 32.2. The quantitative estimate of drug-likeness (QED) is 0.753. The molecule has 2 aromatic carbocycles. The summed E-state index contributed by atoms with van der Waals surface area (Å²) in [6, 6.07) is 13.2. The highest BCUT2D eigenvalue weighted by molar-refractivity contribution is 7.99. The van der Waals surface area contributed by atoms with E-state index in [0.29, 0.717) is 35.8 Å². The molecule has 0 aromatic heterocycles. The Bertz CT molecular complexity index is 1100. The fraction of sp³-hybridized carbons (Fsp3) is 0.280. The van der Waals surface area contributed by atoms with Gasteiger partial charge in [0.1, 0.15) is 0 Å². The van der Waals surface area contributed by atoms with E-state index in [4.69, 9.17) is 0 Å². The molecule has 1 aliphatic carbocycles. The van der Waals surface area contributed by atoms with Gasteiger partial charge in [0.2, 0.25) is 0 Å². The Labute approximate surface area is 186 Å². The standard InChI is InChI=1S/C25H25N3O2S/c1-17-6-9-19(10-7-17)27-12-14-28(15-13-27)25(30)18-8-11-23-21(16-18)26-24(29)20-4-2-3-5-22(20)31-23/h2-6,8-11,16-17H,7,12-15H2,1H3,(H,26,29). The zero-order valence-electron chi connectivity index (χ0n) is 17.5. The fourth-order valence-corrected chi connectivity index (χ4v) is 5.21. The van der Waals surface area contributed by atoms with Crippen LogP contribution in [0.5, 0.6) is 0 Å². The molecule has 2 aliphatic heterocycles. The molecule has 1 unspecified atom stereocenters. The molecule has 2 heterocycles. The van der Waals surface area contributed by atoms with Gasteiger partial charge < -0.3 is 15.1 Å². The molecule has 2 aromatic rings. The number of nitrogens with one attached hydrogen (secondary N) is 1. The predicted molar refractivity (Wildman–Crippen MR) is 123 cm³/mol. The molecule has 5 rings (SSSR count). The largest absolute Gasteiger partial charge is 0.368 e. The number of anilines is 1. The second kappa shape index (κ2) is 8.27. The van der Waals surface area contributed by atoms with Crippen molar-refractivity contribution in [2.45, 2.75) is 23.1 Å². The maximum absolute atomic E-state index is 13.2. The maximum atomic E-state index is 13.2. The lowest BCUT2D eigenvalue weighted by Gasteiger charge is -2.37. The second-order valence-electron chi connectivity index (χ2n) is 8.24. The highest BCUT2D eigenvalue weighted by Crippen LogP contribution is 2.39. The van der Waals surface area contributed by atoms with E-state index in [0.717, 1.165) is 29.3 Å². The average Bonchev–Trinajstić information content (AvgIpc) is 2.94. The summed E-state index contributed by atoms with van der Waals surface area (Å²) in [4.78, 5) is 31.9. The van der Waals surface area contributed by atoms with Crippen LogP contribution < -0.4 is 5.32 Å². The van der Waals surface area contributed by atoms with Gasteiger partial charge in [0, 0.05) is 47.2 Å². The number of benzene rings is 2.